The molecule has 0 fully saturated rings. The third-order valence-electron chi connectivity index (χ3n) is 3.13. The van der Waals surface area contributed by atoms with Gasteiger partial charge in [-0.2, -0.15) is 0 Å². The minimum atomic E-state index is -1.04. The molecule has 114 valence electrons. The number of hydrogen-bond acceptors (Lipinski definition) is 1. The number of carbonyl (C=O) groups is 1. The van der Waals surface area contributed by atoms with E-state index in [0.29, 0.717) is 16.5 Å². The predicted octanol–water partition coefficient (Wildman–Crippen LogP) is 5.41. The van der Waals surface area contributed by atoms with Gasteiger partial charge in [-0.05, 0) is 29.7 Å². The Hall–Kier alpha value is -1.97. The van der Waals surface area contributed by atoms with E-state index in [0.717, 1.165) is 11.1 Å². The molecule has 0 bridgehead atoms. The highest BCUT2D eigenvalue weighted by molar-refractivity contribution is 6.42. The van der Waals surface area contributed by atoms with Gasteiger partial charge in [0.05, 0.1) is 16.1 Å². The van der Waals surface area contributed by atoms with Crippen molar-refractivity contribution < 1.29 is 9.90 Å². The Kier molecular flexibility index (Phi) is 5.87. The molecule has 5 heteroatoms. The highest BCUT2D eigenvalue weighted by Crippen LogP contribution is 2.24. The summed E-state index contributed by atoms with van der Waals surface area (Å²) in [6.07, 6.45) is 3.29. The van der Waals surface area contributed by atoms with E-state index in [1.54, 1.807) is 12.1 Å². The van der Waals surface area contributed by atoms with Gasteiger partial charge in [0.1, 0.15) is 0 Å². The molecule has 2 N–H and O–H groups in total. The summed E-state index contributed by atoms with van der Waals surface area (Å²) in [5.41, 5.74) is 1.83. The van der Waals surface area contributed by atoms with Crippen LogP contribution in [0, 0.1) is 0 Å². The number of carboxylic acid groups (broad SMARTS) is 1. The zero-order valence-corrected chi connectivity index (χ0v) is 13.2. The van der Waals surface area contributed by atoms with Gasteiger partial charge in [-0.25, -0.2) is 4.79 Å². The summed E-state index contributed by atoms with van der Waals surface area (Å²) in [6.45, 7) is 0. The summed E-state index contributed by atoms with van der Waals surface area (Å²) in [4.78, 5) is 10.9. The molecule has 0 radical (unpaired) electrons. The van der Waals surface area contributed by atoms with Crippen molar-refractivity contribution in [2.75, 3.05) is 0 Å². The van der Waals surface area contributed by atoms with Gasteiger partial charge < -0.3 is 10.4 Å². The monoisotopic (exact) mass is 335 g/mol. The molecular weight excluding hydrogens is 321 g/mol. The Labute approximate surface area is 139 Å². The summed E-state index contributed by atoms with van der Waals surface area (Å²) >= 11 is 11.8. The van der Waals surface area contributed by atoms with Crippen LogP contribution in [0.25, 0.3) is 6.08 Å². The largest absolute Gasteiger partial charge is 0.465 e. The second-order valence-electron chi connectivity index (χ2n) is 4.72. The van der Waals surface area contributed by atoms with E-state index in [2.05, 4.69) is 5.32 Å². The van der Waals surface area contributed by atoms with Crippen LogP contribution in [0.15, 0.2) is 54.6 Å². The second kappa shape index (κ2) is 7.87. The first kappa shape index (κ1) is 16.4. The summed E-state index contributed by atoms with van der Waals surface area (Å²) in [5.74, 6) is 0. The van der Waals surface area contributed by atoms with Crippen molar-refractivity contribution in [3.05, 3.63) is 75.8 Å². The van der Waals surface area contributed by atoms with E-state index >= 15 is 0 Å². The van der Waals surface area contributed by atoms with Gasteiger partial charge in [0.25, 0.3) is 0 Å². The van der Waals surface area contributed by atoms with Gasteiger partial charge in [0, 0.05) is 0 Å². The molecule has 2 aromatic rings. The van der Waals surface area contributed by atoms with Crippen LogP contribution >= 0.6 is 23.2 Å². The molecule has 1 amide bonds. The molecule has 22 heavy (non-hydrogen) atoms. The Morgan fingerprint density at radius 3 is 2.50 bits per heavy atom. The lowest BCUT2D eigenvalue weighted by Crippen LogP contribution is -2.26. The summed E-state index contributed by atoms with van der Waals surface area (Å²) in [6, 6.07) is 14.5. The number of hydrogen-bond donors (Lipinski definition) is 2. The van der Waals surface area contributed by atoms with Crippen LogP contribution in [0.2, 0.25) is 10.0 Å². The van der Waals surface area contributed by atoms with Crippen molar-refractivity contribution in [3.8, 4) is 0 Å². The normalized spacial score (nSPS) is 12.3. The average molecular weight is 336 g/mol. The van der Waals surface area contributed by atoms with E-state index in [4.69, 9.17) is 28.3 Å². The lowest BCUT2D eigenvalue weighted by Gasteiger charge is -2.15. The minimum absolute atomic E-state index is 0.294. The molecule has 0 saturated carbocycles. The zero-order valence-electron chi connectivity index (χ0n) is 11.7. The minimum Gasteiger partial charge on any atom is -0.465 e. The number of nitrogens with one attached hydrogen (secondary N) is 1. The Balaban J connectivity index is 2.09. The molecule has 1 atom stereocenters. The van der Waals surface area contributed by atoms with Gasteiger partial charge in [0.2, 0.25) is 0 Å². The van der Waals surface area contributed by atoms with Gasteiger partial charge in [0.15, 0.2) is 0 Å². The Morgan fingerprint density at radius 2 is 1.86 bits per heavy atom. The van der Waals surface area contributed by atoms with E-state index in [1.165, 1.54) is 0 Å². The molecule has 0 heterocycles. The van der Waals surface area contributed by atoms with Crippen LogP contribution in [-0.4, -0.2) is 11.2 Å². The van der Waals surface area contributed by atoms with E-state index < -0.39 is 6.09 Å². The zero-order chi connectivity index (χ0) is 15.9. The Bertz CT molecular complexity index is 672. The number of benzene rings is 2. The molecular formula is C17H15Cl2NO2. The highest BCUT2D eigenvalue weighted by atomic mass is 35.5. The van der Waals surface area contributed by atoms with Crippen LogP contribution in [0.1, 0.15) is 23.6 Å². The fraction of sp³-hybridized carbons (Fsp3) is 0.118. The van der Waals surface area contributed by atoms with Crippen LogP contribution in [0.5, 0.6) is 0 Å². The lowest BCUT2D eigenvalue weighted by molar-refractivity contribution is 0.190. The van der Waals surface area contributed by atoms with Crippen LogP contribution in [-0.2, 0) is 0 Å². The molecule has 0 unspecified atom stereocenters. The Morgan fingerprint density at radius 1 is 1.14 bits per heavy atom. The topological polar surface area (TPSA) is 49.3 Å². The lowest BCUT2D eigenvalue weighted by atomic mass is 10.0. The molecule has 3 nitrogen and oxygen atoms in total. The summed E-state index contributed by atoms with van der Waals surface area (Å²) in [7, 11) is 0. The third-order valence-corrected chi connectivity index (χ3v) is 3.86. The van der Waals surface area contributed by atoms with E-state index in [9.17, 15) is 4.79 Å². The number of amides is 1. The fourth-order valence-corrected chi connectivity index (χ4v) is 2.38. The summed E-state index contributed by atoms with van der Waals surface area (Å²) in [5, 5.41) is 12.5. The van der Waals surface area contributed by atoms with E-state index in [1.807, 2.05) is 48.6 Å². The van der Waals surface area contributed by atoms with Gasteiger partial charge >= 0.3 is 6.09 Å². The molecule has 0 aliphatic heterocycles. The molecule has 0 aliphatic rings. The van der Waals surface area contributed by atoms with Crippen molar-refractivity contribution in [3.63, 3.8) is 0 Å². The smallest absolute Gasteiger partial charge is 0.405 e. The first-order valence-corrected chi connectivity index (χ1v) is 7.48. The second-order valence-corrected chi connectivity index (χ2v) is 5.54. The van der Waals surface area contributed by atoms with E-state index in [-0.39, 0.29) is 6.04 Å². The molecule has 2 rings (SSSR count). The molecule has 0 spiro atoms. The highest BCUT2D eigenvalue weighted by Gasteiger charge is 2.11. The first-order chi connectivity index (χ1) is 10.6. The maximum Gasteiger partial charge on any atom is 0.405 e. The van der Waals surface area contributed by atoms with Crippen LogP contribution in [0.4, 0.5) is 4.79 Å². The van der Waals surface area contributed by atoms with Crippen LogP contribution in [0.3, 0.4) is 0 Å². The predicted molar refractivity (Wildman–Crippen MR) is 90.5 cm³/mol. The molecule has 0 aliphatic carbocycles. The van der Waals surface area contributed by atoms with Crippen molar-refractivity contribution >= 4 is 35.4 Å². The number of rotatable bonds is 5. The van der Waals surface area contributed by atoms with Crippen molar-refractivity contribution in [2.45, 2.75) is 12.5 Å². The molecule has 2 aromatic carbocycles. The first-order valence-electron chi connectivity index (χ1n) is 6.72. The maximum absolute atomic E-state index is 10.9. The SMILES string of the molecule is O=C(O)N[C@@H](C/C=C/c1ccc(Cl)c(Cl)c1)c1ccccc1. The third kappa shape index (κ3) is 4.79. The van der Waals surface area contributed by atoms with Gasteiger partial charge in [-0.15, -0.1) is 0 Å². The average Bonchev–Trinajstić information content (AvgIpc) is 2.50. The van der Waals surface area contributed by atoms with Gasteiger partial charge in [-0.1, -0.05) is 71.8 Å². The van der Waals surface area contributed by atoms with Crippen molar-refractivity contribution in [1.82, 2.24) is 5.32 Å². The summed E-state index contributed by atoms with van der Waals surface area (Å²) < 4.78 is 0. The van der Waals surface area contributed by atoms with Gasteiger partial charge in [-0.3, -0.25) is 0 Å². The number of halogens is 2. The standard InChI is InChI=1S/C17H15Cl2NO2/c18-14-10-9-12(11-15(14)19)5-4-8-16(20-17(21)22)13-6-2-1-3-7-13/h1-7,9-11,16,20H,8H2,(H,21,22)/b5-4+/t16-/m0/s1. The quantitative estimate of drug-likeness (QED) is 0.767. The van der Waals surface area contributed by atoms with Crippen LogP contribution < -0.4 is 5.32 Å². The van der Waals surface area contributed by atoms with Crippen molar-refractivity contribution in [2.24, 2.45) is 0 Å². The van der Waals surface area contributed by atoms with Crippen molar-refractivity contribution in [1.29, 1.82) is 0 Å². The maximum atomic E-state index is 10.9. The molecule has 0 aromatic heterocycles. The fourth-order valence-electron chi connectivity index (χ4n) is 2.07. The molecule has 0 saturated heterocycles.